The van der Waals surface area contributed by atoms with Crippen molar-refractivity contribution in [1.82, 2.24) is 0 Å². The Hall–Kier alpha value is -1.04. The number of hydrogen-bond acceptors (Lipinski definition) is 0. The van der Waals surface area contributed by atoms with E-state index >= 15 is 0 Å². The molecule has 1 atom stereocenters. The molecule has 0 radical (unpaired) electrons. The van der Waals surface area contributed by atoms with Crippen molar-refractivity contribution < 1.29 is 0 Å². The number of allylic oxidation sites excluding steroid dienone is 2. The smallest absolute Gasteiger partial charge is 0.00318 e. The molecular weight excluding hydrogens is 204 g/mol. The van der Waals surface area contributed by atoms with Crippen molar-refractivity contribution in [3.8, 4) is 0 Å². The third-order valence-corrected chi connectivity index (χ3v) is 4.60. The van der Waals surface area contributed by atoms with Gasteiger partial charge in [-0.25, -0.2) is 0 Å². The average Bonchev–Trinajstić information content (AvgIpc) is 2.57. The first-order chi connectivity index (χ1) is 8.31. The molecule has 0 nitrogen and oxygen atoms in total. The van der Waals surface area contributed by atoms with E-state index in [0.717, 1.165) is 6.42 Å². The highest BCUT2D eigenvalue weighted by molar-refractivity contribution is 5.78. The normalized spacial score (nSPS) is 23.3. The molecule has 0 bridgehead atoms. The number of hydrogen-bond donors (Lipinski definition) is 0. The molecule has 17 heavy (non-hydrogen) atoms. The lowest BCUT2D eigenvalue weighted by Crippen LogP contribution is -1.94. The molecule has 2 aliphatic carbocycles. The van der Waals surface area contributed by atoms with Crippen molar-refractivity contribution in [1.29, 1.82) is 0 Å². The van der Waals surface area contributed by atoms with Crippen LogP contribution in [0.2, 0.25) is 0 Å². The van der Waals surface area contributed by atoms with Crippen LogP contribution in [0, 0.1) is 0 Å². The summed E-state index contributed by atoms with van der Waals surface area (Å²) in [6.07, 6.45) is 8.03. The molecule has 0 aromatic heterocycles. The van der Waals surface area contributed by atoms with E-state index in [1.807, 2.05) is 0 Å². The van der Waals surface area contributed by atoms with E-state index in [1.165, 1.54) is 37.7 Å². The molecule has 2 aliphatic rings. The van der Waals surface area contributed by atoms with Crippen LogP contribution in [0.3, 0.4) is 0 Å². The SMILES string of the molecule is CCc1ccc2c(c1)C1=C(CCCCC1)[C@@H]2C. The van der Waals surface area contributed by atoms with Gasteiger partial charge in [0.1, 0.15) is 0 Å². The maximum absolute atomic E-state index is 2.46. The van der Waals surface area contributed by atoms with Gasteiger partial charge in [-0.2, -0.15) is 0 Å². The summed E-state index contributed by atoms with van der Waals surface area (Å²) in [6.45, 7) is 4.65. The zero-order valence-corrected chi connectivity index (χ0v) is 11.1. The van der Waals surface area contributed by atoms with Gasteiger partial charge in [0.25, 0.3) is 0 Å². The molecule has 0 N–H and O–H groups in total. The minimum atomic E-state index is 0.684. The molecule has 0 heteroatoms. The highest BCUT2D eigenvalue weighted by Crippen LogP contribution is 2.47. The van der Waals surface area contributed by atoms with Crippen molar-refractivity contribution >= 4 is 5.57 Å². The maximum atomic E-state index is 2.46. The molecule has 0 heterocycles. The van der Waals surface area contributed by atoms with E-state index in [-0.39, 0.29) is 0 Å². The number of fused-ring (bicyclic) bond motifs is 2. The van der Waals surface area contributed by atoms with E-state index < -0.39 is 0 Å². The lowest BCUT2D eigenvalue weighted by molar-refractivity contribution is 0.692. The Balaban J connectivity index is 2.09. The summed E-state index contributed by atoms with van der Waals surface area (Å²) >= 11 is 0. The molecule has 0 saturated heterocycles. The van der Waals surface area contributed by atoms with Crippen LogP contribution in [0.1, 0.15) is 68.6 Å². The van der Waals surface area contributed by atoms with Crippen LogP contribution >= 0.6 is 0 Å². The molecule has 3 rings (SSSR count). The summed E-state index contributed by atoms with van der Waals surface area (Å²) in [4.78, 5) is 0. The predicted molar refractivity (Wildman–Crippen MR) is 74.2 cm³/mol. The molecule has 0 fully saturated rings. The van der Waals surface area contributed by atoms with Crippen LogP contribution in [0.25, 0.3) is 5.57 Å². The molecule has 0 saturated carbocycles. The quantitative estimate of drug-likeness (QED) is 0.626. The van der Waals surface area contributed by atoms with Crippen molar-refractivity contribution in [2.45, 2.75) is 58.3 Å². The van der Waals surface area contributed by atoms with Gasteiger partial charge in [0.15, 0.2) is 0 Å². The monoisotopic (exact) mass is 226 g/mol. The van der Waals surface area contributed by atoms with E-state index in [4.69, 9.17) is 0 Å². The van der Waals surface area contributed by atoms with Crippen LogP contribution in [0.4, 0.5) is 0 Å². The summed E-state index contributed by atoms with van der Waals surface area (Å²) < 4.78 is 0. The molecule has 0 unspecified atom stereocenters. The van der Waals surface area contributed by atoms with Gasteiger partial charge in [0.05, 0.1) is 0 Å². The van der Waals surface area contributed by atoms with Crippen molar-refractivity contribution in [3.63, 3.8) is 0 Å². The maximum Gasteiger partial charge on any atom is 0.00318 e. The van der Waals surface area contributed by atoms with Gasteiger partial charge in [-0.15, -0.1) is 0 Å². The van der Waals surface area contributed by atoms with Gasteiger partial charge >= 0.3 is 0 Å². The van der Waals surface area contributed by atoms with E-state index in [9.17, 15) is 0 Å². The second-order valence-corrected chi connectivity index (χ2v) is 5.56. The predicted octanol–water partition coefficient (Wildman–Crippen LogP) is 5.08. The third-order valence-electron chi connectivity index (χ3n) is 4.60. The fourth-order valence-corrected chi connectivity index (χ4v) is 3.54. The van der Waals surface area contributed by atoms with Crippen molar-refractivity contribution in [2.24, 2.45) is 0 Å². The highest BCUT2D eigenvalue weighted by Gasteiger charge is 2.28. The Kier molecular flexibility index (Phi) is 2.82. The summed E-state index contributed by atoms with van der Waals surface area (Å²) in [5.74, 6) is 0.684. The van der Waals surface area contributed by atoms with Crippen LogP contribution in [-0.4, -0.2) is 0 Å². The Labute approximate surface area is 105 Å². The van der Waals surface area contributed by atoms with E-state index in [2.05, 4.69) is 32.0 Å². The summed E-state index contributed by atoms with van der Waals surface area (Å²) in [5.41, 5.74) is 8.14. The van der Waals surface area contributed by atoms with Gasteiger partial charge < -0.3 is 0 Å². The van der Waals surface area contributed by atoms with Crippen LogP contribution < -0.4 is 0 Å². The van der Waals surface area contributed by atoms with Gasteiger partial charge in [-0.3, -0.25) is 0 Å². The molecule has 0 amide bonds. The van der Waals surface area contributed by atoms with Gasteiger partial charge in [0.2, 0.25) is 0 Å². The lowest BCUT2D eigenvalue weighted by atomic mass is 9.94. The minimum absolute atomic E-state index is 0.684. The number of aryl methyl sites for hydroxylation is 1. The largest absolute Gasteiger partial charge is 0.0613 e. The third kappa shape index (κ3) is 1.74. The average molecular weight is 226 g/mol. The Morgan fingerprint density at radius 1 is 1.12 bits per heavy atom. The summed E-state index contributed by atoms with van der Waals surface area (Å²) in [6, 6.07) is 7.16. The molecular formula is C17H22. The van der Waals surface area contributed by atoms with Gasteiger partial charge in [-0.05, 0) is 54.4 Å². The number of rotatable bonds is 1. The summed E-state index contributed by atoms with van der Waals surface area (Å²) in [7, 11) is 0. The fourth-order valence-electron chi connectivity index (χ4n) is 3.54. The van der Waals surface area contributed by atoms with E-state index in [1.54, 1.807) is 22.3 Å². The second-order valence-electron chi connectivity index (χ2n) is 5.56. The minimum Gasteiger partial charge on any atom is -0.0613 e. The van der Waals surface area contributed by atoms with Crippen LogP contribution in [0.5, 0.6) is 0 Å². The topological polar surface area (TPSA) is 0 Å². The Morgan fingerprint density at radius 3 is 2.76 bits per heavy atom. The van der Waals surface area contributed by atoms with Crippen LogP contribution in [0.15, 0.2) is 23.8 Å². The summed E-state index contributed by atoms with van der Waals surface area (Å²) in [5, 5.41) is 0. The second kappa shape index (κ2) is 4.33. The Bertz CT molecular complexity index is 465. The van der Waals surface area contributed by atoms with Crippen molar-refractivity contribution in [2.75, 3.05) is 0 Å². The zero-order valence-electron chi connectivity index (χ0n) is 11.1. The lowest BCUT2D eigenvalue weighted by Gasteiger charge is -2.11. The first-order valence-corrected chi connectivity index (χ1v) is 7.16. The van der Waals surface area contributed by atoms with Gasteiger partial charge in [0, 0.05) is 5.92 Å². The first kappa shape index (κ1) is 11.1. The van der Waals surface area contributed by atoms with Crippen LogP contribution in [-0.2, 0) is 6.42 Å². The Morgan fingerprint density at radius 2 is 1.94 bits per heavy atom. The molecule has 90 valence electrons. The fraction of sp³-hybridized carbons (Fsp3) is 0.529. The molecule has 0 aliphatic heterocycles. The standard InChI is InChI=1S/C17H22/c1-3-13-9-10-15-12(2)14-7-5-4-6-8-16(14)17(15)11-13/h9-12H,3-8H2,1-2H3/t12-/m0/s1. The molecule has 1 aromatic carbocycles. The number of benzene rings is 1. The van der Waals surface area contributed by atoms with Gasteiger partial charge in [-0.1, -0.05) is 44.0 Å². The zero-order chi connectivity index (χ0) is 11.8. The highest BCUT2D eigenvalue weighted by atomic mass is 14.3. The van der Waals surface area contributed by atoms with E-state index in [0.29, 0.717) is 5.92 Å². The molecule has 1 aromatic rings. The first-order valence-electron chi connectivity index (χ1n) is 7.16. The molecule has 0 spiro atoms. The van der Waals surface area contributed by atoms with Crippen molar-refractivity contribution in [3.05, 3.63) is 40.5 Å².